The molecule has 0 spiro atoms. The van der Waals surface area contributed by atoms with E-state index < -0.39 is 0 Å². The second kappa shape index (κ2) is 10.2. The van der Waals surface area contributed by atoms with Gasteiger partial charge in [-0.1, -0.05) is 26.0 Å². The molecule has 0 atom stereocenters. The Kier molecular flexibility index (Phi) is 8.51. The molecule has 0 saturated heterocycles. The van der Waals surface area contributed by atoms with Gasteiger partial charge in [0.05, 0.1) is 6.61 Å². The molecular formula is C17H28N2O2. The number of hydrogen-bond acceptors (Lipinski definition) is 3. The maximum absolute atomic E-state index is 11.6. The molecule has 0 bridgehead atoms. The fourth-order valence-corrected chi connectivity index (χ4v) is 1.88. The number of ether oxygens (including phenoxy) is 1. The van der Waals surface area contributed by atoms with Gasteiger partial charge >= 0.3 is 0 Å². The number of benzene rings is 1. The van der Waals surface area contributed by atoms with Gasteiger partial charge in [-0.15, -0.1) is 0 Å². The third kappa shape index (κ3) is 8.35. The summed E-state index contributed by atoms with van der Waals surface area (Å²) >= 11 is 0. The van der Waals surface area contributed by atoms with E-state index in [1.807, 2.05) is 19.2 Å². The van der Waals surface area contributed by atoms with Gasteiger partial charge in [-0.25, -0.2) is 0 Å². The summed E-state index contributed by atoms with van der Waals surface area (Å²) in [5, 5.41) is 5.98. The van der Waals surface area contributed by atoms with E-state index in [0.717, 1.165) is 31.7 Å². The summed E-state index contributed by atoms with van der Waals surface area (Å²) in [6, 6.07) is 8.10. The summed E-state index contributed by atoms with van der Waals surface area (Å²) in [5.74, 6) is 1.56. The Morgan fingerprint density at radius 1 is 1.19 bits per heavy atom. The van der Waals surface area contributed by atoms with Crippen LogP contribution in [-0.2, 0) is 11.2 Å². The van der Waals surface area contributed by atoms with Crippen LogP contribution in [0.3, 0.4) is 0 Å². The molecule has 1 rings (SSSR count). The standard InChI is InChI=1S/C17H28N2O2/c1-14(2)13-21-16-8-6-15(7-9-16)10-12-19-17(20)5-4-11-18-3/h6-9,14,18H,4-5,10-13H2,1-3H3,(H,19,20). The summed E-state index contributed by atoms with van der Waals surface area (Å²) in [6.45, 7) is 6.57. The third-order valence-corrected chi connectivity index (χ3v) is 3.07. The van der Waals surface area contributed by atoms with Crippen molar-refractivity contribution in [2.75, 3.05) is 26.7 Å². The van der Waals surface area contributed by atoms with Gasteiger partial charge in [-0.2, -0.15) is 0 Å². The molecule has 21 heavy (non-hydrogen) atoms. The quantitative estimate of drug-likeness (QED) is 0.651. The average molecular weight is 292 g/mol. The number of amides is 1. The van der Waals surface area contributed by atoms with Gasteiger partial charge in [0, 0.05) is 13.0 Å². The second-order valence-electron chi connectivity index (χ2n) is 5.66. The van der Waals surface area contributed by atoms with Crippen LogP contribution in [0.15, 0.2) is 24.3 Å². The van der Waals surface area contributed by atoms with Crippen molar-refractivity contribution in [2.24, 2.45) is 5.92 Å². The van der Waals surface area contributed by atoms with Gasteiger partial charge in [0.15, 0.2) is 0 Å². The number of hydrogen-bond donors (Lipinski definition) is 2. The van der Waals surface area contributed by atoms with Crippen molar-refractivity contribution in [1.82, 2.24) is 10.6 Å². The van der Waals surface area contributed by atoms with Crippen LogP contribution < -0.4 is 15.4 Å². The van der Waals surface area contributed by atoms with Gasteiger partial charge in [-0.05, 0) is 50.0 Å². The molecule has 0 radical (unpaired) electrons. The molecule has 0 aromatic heterocycles. The van der Waals surface area contributed by atoms with Crippen molar-refractivity contribution in [3.05, 3.63) is 29.8 Å². The molecule has 0 unspecified atom stereocenters. The predicted octanol–water partition coefficient (Wildman–Crippen LogP) is 2.38. The van der Waals surface area contributed by atoms with Crippen LogP contribution in [0.4, 0.5) is 0 Å². The number of carbonyl (C=O) groups is 1. The second-order valence-corrected chi connectivity index (χ2v) is 5.66. The van der Waals surface area contributed by atoms with Gasteiger partial charge in [0.1, 0.15) is 5.75 Å². The van der Waals surface area contributed by atoms with E-state index in [1.165, 1.54) is 5.56 Å². The number of carbonyl (C=O) groups excluding carboxylic acids is 1. The normalized spacial score (nSPS) is 10.7. The minimum absolute atomic E-state index is 0.127. The first kappa shape index (κ1) is 17.5. The first-order valence-corrected chi connectivity index (χ1v) is 7.75. The molecule has 1 amide bonds. The van der Waals surface area contributed by atoms with Crippen molar-refractivity contribution >= 4 is 5.91 Å². The molecule has 118 valence electrons. The Morgan fingerprint density at radius 2 is 1.90 bits per heavy atom. The van der Waals surface area contributed by atoms with Crippen molar-refractivity contribution < 1.29 is 9.53 Å². The zero-order chi connectivity index (χ0) is 15.5. The predicted molar refractivity (Wildman–Crippen MR) is 86.6 cm³/mol. The van der Waals surface area contributed by atoms with Crippen molar-refractivity contribution in [3.8, 4) is 5.75 Å². The van der Waals surface area contributed by atoms with Crippen LogP contribution in [-0.4, -0.2) is 32.7 Å². The molecular weight excluding hydrogens is 264 g/mol. The lowest BCUT2D eigenvalue weighted by atomic mass is 10.1. The monoisotopic (exact) mass is 292 g/mol. The number of nitrogens with one attached hydrogen (secondary N) is 2. The van der Waals surface area contributed by atoms with Crippen LogP contribution in [0.1, 0.15) is 32.3 Å². The smallest absolute Gasteiger partial charge is 0.220 e. The van der Waals surface area contributed by atoms with E-state index in [-0.39, 0.29) is 5.91 Å². The fraction of sp³-hybridized carbons (Fsp3) is 0.588. The Labute approximate surface area is 128 Å². The van der Waals surface area contributed by atoms with Crippen molar-refractivity contribution in [3.63, 3.8) is 0 Å². The van der Waals surface area contributed by atoms with Crippen molar-refractivity contribution in [2.45, 2.75) is 33.1 Å². The van der Waals surface area contributed by atoms with E-state index in [4.69, 9.17) is 4.74 Å². The Hall–Kier alpha value is -1.55. The van der Waals surface area contributed by atoms with E-state index in [1.54, 1.807) is 0 Å². The Morgan fingerprint density at radius 3 is 2.52 bits per heavy atom. The summed E-state index contributed by atoms with van der Waals surface area (Å²) in [5.41, 5.74) is 1.21. The van der Waals surface area contributed by atoms with E-state index in [2.05, 4.69) is 36.6 Å². The first-order chi connectivity index (χ1) is 10.1. The van der Waals surface area contributed by atoms with Gasteiger partial charge < -0.3 is 15.4 Å². The highest BCUT2D eigenvalue weighted by molar-refractivity contribution is 5.75. The zero-order valence-corrected chi connectivity index (χ0v) is 13.4. The van der Waals surface area contributed by atoms with E-state index in [0.29, 0.717) is 18.9 Å². The Balaban J connectivity index is 2.21. The third-order valence-electron chi connectivity index (χ3n) is 3.07. The highest BCUT2D eigenvalue weighted by Gasteiger charge is 2.01. The molecule has 4 heteroatoms. The summed E-state index contributed by atoms with van der Waals surface area (Å²) in [4.78, 5) is 11.6. The van der Waals surface area contributed by atoms with Gasteiger partial charge in [-0.3, -0.25) is 4.79 Å². The maximum Gasteiger partial charge on any atom is 0.220 e. The zero-order valence-electron chi connectivity index (χ0n) is 13.4. The molecule has 1 aromatic rings. The highest BCUT2D eigenvalue weighted by Crippen LogP contribution is 2.13. The van der Waals surface area contributed by atoms with Crippen LogP contribution in [0.5, 0.6) is 5.75 Å². The molecule has 2 N–H and O–H groups in total. The highest BCUT2D eigenvalue weighted by atomic mass is 16.5. The molecule has 0 saturated carbocycles. The SMILES string of the molecule is CNCCCC(=O)NCCc1ccc(OCC(C)C)cc1. The molecule has 4 nitrogen and oxygen atoms in total. The lowest BCUT2D eigenvalue weighted by Crippen LogP contribution is -2.26. The minimum atomic E-state index is 0.127. The summed E-state index contributed by atoms with van der Waals surface area (Å²) in [7, 11) is 1.90. The largest absolute Gasteiger partial charge is 0.493 e. The summed E-state index contributed by atoms with van der Waals surface area (Å²) < 4.78 is 5.64. The molecule has 0 heterocycles. The van der Waals surface area contributed by atoms with Crippen LogP contribution >= 0.6 is 0 Å². The lowest BCUT2D eigenvalue weighted by molar-refractivity contribution is -0.121. The molecule has 0 fully saturated rings. The van der Waals surface area contributed by atoms with Crippen LogP contribution in [0.25, 0.3) is 0 Å². The molecule has 0 aliphatic rings. The first-order valence-electron chi connectivity index (χ1n) is 7.75. The minimum Gasteiger partial charge on any atom is -0.493 e. The fourth-order valence-electron chi connectivity index (χ4n) is 1.88. The molecule has 0 aliphatic carbocycles. The van der Waals surface area contributed by atoms with Gasteiger partial charge in [0.25, 0.3) is 0 Å². The average Bonchev–Trinajstić information content (AvgIpc) is 2.46. The maximum atomic E-state index is 11.6. The van der Waals surface area contributed by atoms with Crippen LogP contribution in [0.2, 0.25) is 0 Å². The van der Waals surface area contributed by atoms with Crippen molar-refractivity contribution in [1.29, 1.82) is 0 Å². The lowest BCUT2D eigenvalue weighted by Gasteiger charge is -2.09. The van der Waals surface area contributed by atoms with Gasteiger partial charge in [0.2, 0.25) is 5.91 Å². The van der Waals surface area contributed by atoms with Crippen LogP contribution in [0, 0.1) is 5.92 Å². The molecule has 0 aliphatic heterocycles. The Bertz CT molecular complexity index is 402. The van der Waals surface area contributed by atoms with E-state index >= 15 is 0 Å². The van der Waals surface area contributed by atoms with E-state index in [9.17, 15) is 4.79 Å². The number of rotatable bonds is 10. The molecule has 1 aromatic carbocycles. The topological polar surface area (TPSA) is 50.4 Å². The summed E-state index contributed by atoms with van der Waals surface area (Å²) in [6.07, 6.45) is 2.31.